The molecule has 116 valence electrons. The van der Waals surface area contributed by atoms with Gasteiger partial charge in [-0.25, -0.2) is 0 Å². The fraction of sp³-hybridized carbons (Fsp3) is 0.300. The summed E-state index contributed by atoms with van der Waals surface area (Å²) in [6.07, 6.45) is 5.01. The highest BCUT2D eigenvalue weighted by Gasteiger charge is 2.30. The van der Waals surface area contributed by atoms with Gasteiger partial charge in [-0.05, 0) is 31.9 Å². The van der Waals surface area contributed by atoms with Crippen LogP contribution in [0.4, 0.5) is 0 Å². The Kier molecular flexibility index (Phi) is 6.38. The van der Waals surface area contributed by atoms with E-state index in [9.17, 15) is 0 Å². The van der Waals surface area contributed by atoms with E-state index in [4.69, 9.17) is 9.47 Å². The SMILES string of the molecule is CCOC(C=CCc1ccccc1)(OCC)c1ccccc1. The number of rotatable bonds is 8. The van der Waals surface area contributed by atoms with Crippen molar-refractivity contribution in [2.24, 2.45) is 0 Å². The summed E-state index contributed by atoms with van der Waals surface area (Å²) in [5.74, 6) is -0.806. The molecule has 0 N–H and O–H groups in total. The Morgan fingerprint density at radius 2 is 1.36 bits per heavy atom. The minimum absolute atomic E-state index is 0.588. The zero-order valence-electron chi connectivity index (χ0n) is 13.4. The lowest BCUT2D eigenvalue weighted by Crippen LogP contribution is -2.31. The van der Waals surface area contributed by atoms with Crippen LogP contribution in [0.25, 0.3) is 0 Å². The number of allylic oxidation sites excluding steroid dienone is 1. The monoisotopic (exact) mass is 296 g/mol. The van der Waals surface area contributed by atoms with Crippen LogP contribution in [0, 0.1) is 0 Å². The molecule has 22 heavy (non-hydrogen) atoms. The van der Waals surface area contributed by atoms with Gasteiger partial charge < -0.3 is 9.47 Å². The fourth-order valence-electron chi connectivity index (χ4n) is 2.46. The maximum Gasteiger partial charge on any atom is 0.215 e. The average molecular weight is 296 g/mol. The largest absolute Gasteiger partial charge is 0.343 e. The summed E-state index contributed by atoms with van der Waals surface area (Å²) in [7, 11) is 0. The average Bonchev–Trinajstić information content (AvgIpc) is 2.57. The van der Waals surface area contributed by atoms with E-state index < -0.39 is 5.79 Å². The predicted molar refractivity (Wildman–Crippen MR) is 90.7 cm³/mol. The Hall–Kier alpha value is -1.90. The molecule has 2 aromatic rings. The first-order valence-corrected chi connectivity index (χ1v) is 7.85. The van der Waals surface area contributed by atoms with Crippen LogP contribution in [0.15, 0.2) is 72.8 Å². The highest BCUT2D eigenvalue weighted by atomic mass is 16.7. The lowest BCUT2D eigenvalue weighted by atomic mass is 10.0. The van der Waals surface area contributed by atoms with Crippen molar-refractivity contribution in [2.75, 3.05) is 13.2 Å². The highest BCUT2D eigenvalue weighted by molar-refractivity contribution is 5.26. The summed E-state index contributed by atoms with van der Waals surface area (Å²) in [6, 6.07) is 20.5. The van der Waals surface area contributed by atoms with Gasteiger partial charge in [0.1, 0.15) is 0 Å². The Morgan fingerprint density at radius 1 is 0.818 bits per heavy atom. The normalized spacial score (nSPS) is 11.9. The van der Waals surface area contributed by atoms with Crippen molar-refractivity contribution < 1.29 is 9.47 Å². The van der Waals surface area contributed by atoms with Gasteiger partial charge in [-0.2, -0.15) is 0 Å². The van der Waals surface area contributed by atoms with Crippen LogP contribution in [-0.4, -0.2) is 13.2 Å². The van der Waals surface area contributed by atoms with Crippen molar-refractivity contribution >= 4 is 0 Å². The van der Waals surface area contributed by atoms with E-state index in [1.54, 1.807) is 0 Å². The number of ether oxygens (including phenoxy) is 2. The van der Waals surface area contributed by atoms with Crippen LogP contribution in [0.3, 0.4) is 0 Å². The van der Waals surface area contributed by atoms with Crippen molar-refractivity contribution in [2.45, 2.75) is 26.1 Å². The molecule has 0 unspecified atom stereocenters. The van der Waals surface area contributed by atoms with Crippen LogP contribution in [0.1, 0.15) is 25.0 Å². The van der Waals surface area contributed by atoms with Crippen molar-refractivity contribution in [1.29, 1.82) is 0 Å². The molecule has 0 saturated carbocycles. The van der Waals surface area contributed by atoms with Gasteiger partial charge in [0.2, 0.25) is 5.79 Å². The number of hydrogen-bond donors (Lipinski definition) is 0. The van der Waals surface area contributed by atoms with Gasteiger partial charge in [0, 0.05) is 18.8 Å². The smallest absolute Gasteiger partial charge is 0.215 e. The van der Waals surface area contributed by atoms with Gasteiger partial charge >= 0.3 is 0 Å². The van der Waals surface area contributed by atoms with Crippen molar-refractivity contribution in [3.8, 4) is 0 Å². The molecule has 0 spiro atoms. The molecule has 0 amide bonds. The maximum atomic E-state index is 5.98. The van der Waals surface area contributed by atoms with Crippen LogP contribution < -0.4 is 0 Å². The van der Waals surface area contributed by atoms with E-state index in [2.05, 4.69) is 30.3 Å². The number of benzene rings is 2. The van der Waals surface area contributed by atoms with Gasteiger partial charge in [0.15, 0.2) is 0 Å². The van der Waals surface area contributed by atoms with E-state index in [1.807, 2.05) is 56.3 Å². The van der Waals surface area contributed by atoms with Gasteiger partial charge in [-0.3, -0.25) is 0 Å². The quantitative estimate of drug-likeness (QED) is 0.519. The summed E-state index contributed by atoms with van der Waals surface area (Å²) < 4.78 is 12.0. The Labute approximate surface area is 133 Å². The minimum Gasteiger partial charge on any atom is -0.343 e. The second-order valence-corrected chi connectivity index (χ2v) is 4.99. The molecule has 0 fully saturated rings. The maximum absolute atomic E-state index is 5.98. The topological polar surface area (TPSA) is 18.5 Å². The molecule has 0 bridgehead atoms. The molecule has 2 nitrogen and oxygen atoms in total. The van der Waals surface area contributed by atoms with Crippen molar-refractivity contribution in [1.82, 2.24) is 0 Å². The third kappa shape index (κ3) is 4.30. The summed E-state index contributed by atoms with van der Waals surface area (Å²) in [4.78, 5) is 0. The molecule has 0 aliphatic carbocycles. The fourth-order valence-corrected chi connectivity index (χ4v) is 2.46. The first-order chi connectivity index (χ1) is 10.8. The molecule has 0 heterocycles. The zero-order valence-corrected chi connectivity index (χ0v) is 13.4. The summed E-state index contributed by atoms with van der Waals surface area (Å²) in [5, 5.41) is 0. The summed E-state index contributed by atoms with van der Waals surface area (Å²) in [5.41, 5.74) is 2.29. The molecule has 0 aliphatic rings. The lowest BCUT2D eigenvalue weighted by molar-refractivity contribution is -0.207. The Bertz CT molecular complexity index is 555. The molecule has 0 aromatic heterocycles. The van der Waals surface area contributed by atoms with Crippen LogP contribution in [0.5, 0.6) is 0 Å². The summed E-state index contributed by atoms with van der Waals surface area (Å²) in [6.45, 7) is 5.15. The van der Waals surface area contributed by atoms with Crippen molar-refractivity contribution in [3.63, 3.8) is 0 Å². The Balaban J connectivity index is 2.23. The second-order valence-electron chi connectivity index (χ2n) is 4.99. The highest BCUT2D eigenvalue weighted by Crippen LogP contribution is 2.29. The Morgan fingerprint density at radius 3 is 1.91 bits per heavy atom. The van der Waals surface area contributed by atoms with E-state index in [0.717, 1.165) is 12.0 Å². The molecular formula is C20H24O2. The van der Waals surface area contributed by atoms with Gasteiger partial charge in [0.05, 0.1) is 0 Å². The zero-order chi connectivity index (χ0) is 15.7. The third-order valence-corrected chi connectivity index (χ3v) is 3.43. The first-order valence-electron chi connectivity index (χ1n) is 7.85. The van der Waals surface area contributed by atoms with E-state index in [-0.39, 0.29) is 0 Å². The molecule has 0 saturated heterocycles. The van der Waals surface area contributed by atoms with Gasteiger partial charge in [0.25, 0.3) is 0 Å². The van der Waals surface area contributed by atoms with Gasteiger partial charge in [-0.1, -0.05) is 66.7 Å². The minimum atomic E-state index is -0.806. The molecule has 2 aromatic carbocycles. The molecule has 0 radical (unpaired) electrons. The molecule has 2 rings (SSSR count). The predicted octanol–water partition coefficient (Wildman–Crippen LogP) is 4.71. The molecule has 2 heteroatoms. The lowest BCUT2D eigenvalue weighted by Gasteiger charge is -2.30. The van der Waals surface area contributed by atoms with Crippen molar-refractivity contribution in [3.05, 3.63) is 83.9 Å². The van der Waals surface area contributed by atoms with Crippen LogP contribution in [-0.2, 0) is 21.7 Å². The third-order valence-electron chi connectivity index (χ3n) is 3.43. The summed E-state index contributed by atoms with van der Waals surface area (Å²) >= 11 is 0. The number of hydrogen-bond acceptors (Lipinski definition) is 2. The second kappa shape index (κ2) is 8.52. The van der Waals surface area contributed by atoms with E-state index >= 15 is 0 Å². The first kappa shape index (κ1) is 16.5. The molecular weight excluding hydrogens is 272 g/mol. The molecule has 0 atom stereocenters. The van der Waals surface area contributed by atoms with Gasteiger partial charge in [-0.15, -0.1) is 0 Å². The van der Waals surface area contributed by atoms with Crippen LogP contribution >= 0.6 is 0 Å². The van der Waals surface area contributed by atoms with E-state index in [1.165, 1.54) is 5.56 Å². The van der Waals surface area contributed by atoms with E-state index in [0.29, 0.717) is 13.2 Å². The molecule has 0 aliphatic heterocycles. The standard InChI is InChI=1S/C20H24O2/c1-3-21-20(22-4-2,19-15-9-6-10-16-19)17-11-14-18-12-7-5-8-13-18/h5-13,15-17H,3-4,14H2,1-2H3. The van der Waals surface area contributed by atoms with Crippen LogP contribution in [0.2, 0.25) is 0 Å².